The van der Waals surface area contributed by atoms with E-state index in [4.69, 9.17) is 9.47 Å². The second kappa shape index (κ2) is 9.45. The highest BCUT2D eigenvalue weighted by Crippen LogP contribution is 2.28. The molecule has 3 rings (SSSR count). The molecule has 9 nitrogen and oxygen atoms in total. The van der Waals surface area contributed by atoms with Gasteiger partial charge in [-0.15, -0.1) is 11.3 Å². The van der Waals surface area contributed by atoms with Gasteiger partial charge in [-0.2, -0.15) is 4.31 Å². The first-order valence-corrected chi connectivity index (χ1v) is 11.5. The largest absolute Gasteiger partial charge is 0.493 e. The molecule has 1 aromatic heterocycles. The number of nitrogens with zero attached hydrogens (tertiary/aromatic N) is 1. The van der Waals surface area contributed by atoms with E-state index in [2.05, 4.69) is 10.9 Å². The number of methoxy groups -OCH3 is 2. The fourth-order valence-corrected chi connectivity index (χ4v) is 6.05. The summed E-state index contributed by atoms with van der Waals surface area (Å²) < 4.78 is 37.1. The smallest absolute Gasteiger partial charge is 0.269 e. The van der Waals surface area contributed by atoms with Crippen LogP contribution in [0.25, 0.3) is 0 Å². The molecule has 0 unspecified atom stereocenters. The molecule has 0 aliphatic carbocycles. The number of carbonyl (C=O) groups excluding carboxylic acids is 2. The predicted octanol–water partition coefficient (Wildman–Crippen LogP) is 1.55. The summed E-state index contributed by atoms with van der Waals surface area (Å²) in [6, 6.07) is 7.75. The molecule has 162 valence electrons. The number of carbonyl (C=O) groups is 2. The van der Waals surface area contributed by atoms with E-state index in [1.165, 1.54) is 36.7 Å². The number of sulfonamides is 1. The van der Waals surface area contributed by atoms with E-state index in [9.17, 15) is 18.0 Å². The summed E-state index contributed by atoms with van der Waals surface area (Å²) in [5.74, 6) is -0.110. The Balaban J connectivity index is 1.56. The third kappa shape index (κ3) is 4.91. The first-order valence-electron chi connectivity index (χ1n) is 9.25. The molecule has 2 amide bonds. The number of hydrogen-bond donors (Lipinski definition) is 2. The van der Waals surface area contributed by atoms with E-state index >= 15 is 0 Å². The van der Waals surface area contributed by atoms with Crippen LogP contribution in [-0.2, 0) is 21.2 Å². The van der Waals surface area contributed by atoms with Crippen LogP contribution in [0.5, 0.6) is 11.5 Å². The van der Waals surface area contributed by atoms with Gasteiger partial charge in [-0.3, -0.25) is 20.4 Å². The van der Waals surface area contributed by atoms with Crippen LogP contribution >= 0.6 is 11.3 Å². The van der Waals surface area contributed by atoms with Gasteiger partial charge in [-0.25, -0.2) is 8.42 Å². The highest BCUT2D eigenvalue weighted by Gasteiger charge is 2.28. The minimum Gasteiger partial charge on any atom is -0.493 e. The van der Waals surface area contributed by atoms with E-state index < -0.39 is 21.8 Å². The lowest BCUT2D eigenvalue weighted by atomic mass is 10.2. The van der Waals surface area contributed by atoms with Crippen molar-refractivity contribution in [3.63, 3.8) is 0 Å². The third-order valence-corrected chi connectivity index (χ3v) is 8.04. The summed E-state index contributed by atoms with van der Waals surface area (Å²) in [6.07, 6.45) is 1.67. The van der Waals surface area contributed by atoms with Crippen molar-refractivity contribution in [2.45, 2.75) is 23.5 Å². The Morgan fingerprint density at radius 3 is 2.40 bits per heavy atom. The van der Waals surface area contributed by atoms with Crippen LogP contribution in [0.4, 0.5) is 0 Å². The minimum atomic E-state index is -3.50. The SMILES string of the molecule is COc1ccc(C(=O)NNC(=O)Cc2ccc(S(=O)(=O)N3CCCC3)s2)cc1OC. The van der Waals surface area contributed by atoms with Crippen LogP contribution in [0.15, 0.2) is 34.5 Å². The average Bonchev–Trinajstić information content (AvgIpc) is 3.44. The topological polar surface area (TPSA) is 114 Å². The molecule has 1 aliphatic rings. The number of ether oxygens (including phenoxy) is 2. The number of rotatable bonds is 7. The molecule has 2 heterocycles. The molecule has 0 radical (unpaired) electrons. The van der Waals surface area contributed by atoms with Crippen molar-refractivity contribution >= 4 is 33.2 Å². The van der Waals surface area contributed by atoms with Gasteiger partial charge in [0.25, 0.3) is 15.9 Å². The van der Waals surface area contributed by atoms with Crippen LogP contribution < -0.4 is 20.3 Å². The lowest BCUT2D eigenvalue weighted by Crippen LogP contribution is -2.42. The second-order valence-corrected chi connectivity index (χ2v) is 9.91. The Morgan fingerprint density at radius 1 is 1.03 bits per heavy atom. The number of amides is 2. The van der Waals surface area contributed by atoms with Crippen molar-refractivity contribution in [1.29, 1.82) is 0 Å². The van der Waals surface area contributed by atoms with Crippen molar-refractivity contribution in [2.24, 2.45) is 0 Å². The zero-order chi connectivity index (χ0) is 21.7. The van der Waals surface area contributed by atoms with Crippen LogP contribution in [0.2, 0.25) is 0 Å². The zero-order valence-corrected chi connectivity index (χ0v) is 18.3. The van der Waals surface area contributed by atoms with Gasteiger partial charge in [0.2, 0.25) is 5.91 Å². The molecule has 1 saturated heterocycles. The van der Waals surface area contributed by atoms with Crippen LogP contribution in [0.1, 0.15) is 28.1 Å². The molecule has 0 spiro atoms. The molecule has 11 heteroatoms. The van der Waals surface area contributed by atoms with Gasteiger partial charge in [-0.1, -0.05) is 0 Å². The minimum absolute atomic E-state index is 0.0492. The van der Waals surface area contributed by atoms with E-state index in [0.717, 1.165) is 24.2 Å². The molecule has 0 saturated carbocycles. The van der Waals surface area contributed by atoms with Gasteiger partial charge >= 0.3 is 0 Å². The zero-order valence-electron chi connectivity index (χ0n) is 16.6. The summed E-state index contributed by atoms with van der Waals surface area (Å²) in [4.78, 5) is 25.0. The molecule has 0 atom stereocenters. The van der Waals surface area contributed by atoms with E-state index in [0.29, 0.717) is 29.5 Å². The van der Waals surface area contributed by atoms with Crippen molar-refractivity contribution in [3.05, 3.63) is 40.8 Å². The predicted molar refractivity (Wildman–Crippen MR) is 111 cm³/mol. The summed E-state index contributed by atoms with van der Waals surface area (Å²) in [5.41, 5.74) is 4.95. The van der Waals surface area contributed by atoms with Gasteiger partial charge in [-0.05, 0) is 43.2 Å². The fraction of sp³-hybridized carbons (Fsp3) is 0.368. The van der Waals surface area contributed by atoms with Crippen LogP contribution in [0.3, 0.4) is 0 Å². The van der Waals surface area contributed by atoms with E-state index in [-0.39, 0.29) is 16.2 Å². The Kier molecular flexibility index (Phi) is 6.95. The van der Waals surface area contributed by atoms with Gasteiger partial charge in [0.15, 0.2) is 11.5 Å². The first kappa shape index (κ1) is 22.1. The Labute approximate surface area is 179 Å². The summed E-state index contributed by atoms with van der Waals surface area (Å²) in [7, 11) is -0.550. The maximum absolute atomic E-state index is 12.6. The third-order valence-electron chi connectivity index (χ3n) is 4.59. The number of nitrogens with one attached hydrogen (secondary N) is 2. The van der Waals surface area contributed by atoms with E-state index in [1.54, 1.807) is 12.1 Å². The van der Waals surface area contributed by atoms with Gasteiger partial charge < -0.3 is 9.47 Å². The van der Waals surface area contributed by atoms with Crippen molar-refractivity contribution in [2.75, 3.05) is 27.3 Å². The lowest BCUT2D eigenvalue weighted by Gasteiger charge is -2.13. The molecule has 1 aliphatic heterocycles. The molecular formula is C19H23N3O6S2. The molecule has 2 N–H and O–H groups in total. The first-order chi connectivity index (χ1) is 14.3. The fourth-order valence-electron chi connectivity index (χ4n) is 3.03. The quantitative estimate of drug-likeness (QED) is 0.615. The lowest BCUT2D eigenvalue weighted by molar-refractivity contribution is -0.121. The van der Waals surface area contributed by atoms with Crippen molar-refractivity contribution in [1.82, 2.24) is 15.2 Å². The second-order valence-electron chi connectivity index (χ2n) is 6.58. The monoisotopic (exact) mass is 453 g/mol. The van der Waals surface area contributed by atoms with Gasteiger partial charge in [0.05, 0.1) is 20.6 Å². The molecule has 1 aromatic carbocycles. The van der Waals surface area contributed by atoms with Crippen LogP contribution in [0, 0.1) is 0 Å². The summed E-state index contributed by atoms with van der Waals surface area (Å²) >= 11 is 1.06. The van der Waals surface area contributed by atoms with Gasteiger partial charge in [0.1, 0.15) is 4.21 Å². The van der Waals surface area contributed by atoms with Crippen LogP contribution in [-0.4, -0.2) is 51.8 Å². The maximum atomic E-state index is 12.6. The van der Waals surface area contributed by atoms with E-state index in [1.807, 2.05) is 0 Å². The number of hydrogen-bond acceptors (Lipinski definition) is 7. The standard InChI is InChI=1S/C19H23N3O6S2/c1-27-15-7-5-13(11-16(15)28-2)19(24)21-20-17(23)12-14-6-8-18(29-14)30(25,26)22-9-3-4-10-22/h5-8,11H,3-4,9-10,12H2,1-2H3,(H,20,23)(H,21,24). The molecule has 0 bridgehead atoms. The van der Waals surface area contributed by atoms with Crippen molar-refractivity contribution in [3.8, 4) is 11.5 Å². The highest BCUT2D eigenvalue weighted by molar-refractivity contribution is 7.91. The Bertz CT molecular complexity index is 1030. The van der Waals surface area contributed by atoms with Gasteiger partial charge in [0, 0.05) is 23.5 Å². The number of hydrazine groups is 1. The highest BCUT2D eigenvalue weighted by atomic mass is 32.2. The summed E-state index contributed by atoms with van der Waals surface area (Å²) in [6.45, 7) is 1.05. The maximum Gasteiger partial charge on any atom is 0.269 e. The number of benzene rings is 1. The molecule has 1 fully saturated rings. The molecule has 30 heavy (non-hydrogen) atoms. The van der Waals surface area contributed by atoms with Crippen molar-refractivity contribution < 1.29 is 27.5 Å². The average molecular weight is 454 g/mol. The normalized spacial score (nSPS) is 14.3. The molecule has 2 aromatic rings. The number of thiophene rings is 1. The molecular weight excluding hydrogens is 430 g/mol. The Morgan fingerprint density at radius 2 is 1.73 bits per heavy atom. The summed E-state index contributed by atoms with van der Waals surface area (Å²) in [5, 5.41) is 0. The Hall–Kier alpha value is -2.63.